The molecule has 0 aromatic carbocycles. The standard InChI is InChI=1S/C8H17NO2S/c1-8(2,3)7-4-5-9(6-7)12(10)11/h7H,4-6H2,1-3H3,(H,10,11)/p-1. The number of hydrogen-bond acceptors (Lipinski definition) is 2. The van der Waals surface area contributed by atoms with E-state index in [0.29, 0.717) is 19.0 Å². The van der Waals surface area contributed by atoms with E-state index in [4.69, 9.17) is 0 Å². The minimum atomic E-state index is -2.01. The maximum absolute atomic E-state index is 10.6. The van der Waals surface area contributed by atoms with Crippen LogP contribution in [0, 0.1) is 11.3 Å². The van der Waals surface area contributed by atoms with Crippen LogP contribution in [0.1, 0.15) is 27.2 Å². The van der Waals surface area contributed by atoms with E-state index < -0.39 is 11.3 Å². The number of rotatable bonds is 1. The number of hydrogen-bond donors (Lipinski definition) is 0. The lowest BCUT2D eigenvalue weighted by molar-refractivity contribution is 0.251. The van der Waals surface area contributed by atoms with Crippen LogP contribution in [-0.2, 0) is 11.3 Å². The van der Waals surface area contributed by atoms with Gasteiger partial charge in [0.05, 0.1) is 0 Å². The molecule has 12 heavy (non-hydrogen) atoms. The second-order valence-electron chi connectivity index (χ2n) is 4.46. The fourth-order valence-electron chi connectivity index (χ4n) is 1.57. The SMILES string of the molecule is CC(C)(C)C1CCN(S(=O)[O-])C1. The van der Waals surface area contributed by atoms with Crippen molar-refractivity contribution in [3.63, 3.8) is 0 Å². The van der Waals surface area contributed by atoms with Crippen LogP contribution in [-0.4, -0.2) is 26.2 Å². The Morgan fingerprint density at radius 3 is 2.33 bits per heavy atom. The molecule has 0 spiro atoms. The van der Waals surface area contributed by atoms with Crippen LogP contribution in [0.5, 0.6) is 0 Å². The molecule has 0 saturated carbocycles. The summed E-state index contributed by atoms with van der Waals surface area (Å²) in [5, 5.41) is 0. The highest BCUT2D eigenvalue weighted by molar-refractivity contribution is 7.76. The van der Waals surface area contributed by atoms with Crippen molar-refractivity contribution in [1.82, 2.24) is 4.31 Å². The summed E-state index contributed by atoms with van der Waals surface area (Å²) < 4.78 is 22.7. The smallest absolute Gasteiger partial charge is 0.0209 e. The second-order valence-corrected chi connectivity index (χ2v) is 5.41. The van der Waals surface area contributed by atoms with Gasteiger partial charge in [-0.25, -0.2) is 4.31 Å². The van der Waals surface area contributed by atoms with Gasteiger partial charge in [-0.3, -0.25) is 4.21 Å². The quantitative estimate of drug-likeness (QED) is 0.582. The Labute approximate surface area is 76.6 Å². The molecule has 1 aliphatic rings. The molecular formula is C8H16NO2S-. The molecule has 1 rings (SSSR count). The molecule has 0 aromatic heterocycles. The minimum Gasteiger partial charge on any atom is -0.760 e. The summed E-state index contributed by atoms with van der Waals surface area (Å²) in [6, 6.07) is 0. The summed E-state index contributed by atoms with van der Waals surface area (Å²) in [6.45, 7) is 7.87. The van der Waals surface area contributed by atoms with Crippen molar-refractivity contribution in [2.24, 2.45) is 11.3 Å². The van der Waals surface area contributed by atoms with Crippen LogP contribution in [0.2, 0.25) is 0 Å². The van der Waals surface area contributed by atoms with Crippen molar-refractivity contribution in [3.05, 3.63) is 0 Å². The largest absolute Gasteiger partial charge is 0.760 e. The lowest BCUT2D eigenvalue weighted by Gasteiger charge is -2.27. The molecular weight excluding hydrogens is 174 g/mol. The molecule has 1 saturated heterocycles. The zero-order chi connectivity index (χ0) is 9.35. The predicted octanol–water partition coefficient (Wildman–Crippen LogP) is 1.15. The van der Waals surface area contributed by atoms with Gasteiger partial charge in [-0.15, -0.1) is 0 Å². The zero-order valence-corrected chi connectivity index (χ0v) is 8.69. The average Bonchev–Trinajstić information content (AvgIpc) is 2.30. The molecule has 1 aliphatic heterocycles. The van der Waals surface area contributed by atoms with Crippen LogP contribution in [0.25, 0.3) is 0 Å². The molecule has 0 aromatic rings. The highest BCUT2D eigenvalue weighted by Crippen LogP contribution is 2.33. The molecule has 0 N–H and O–H groups in total. The first-order valence-electron chi connectivity index (χ1n) is 4.25. The van der Waals surface area contributed by atoms with Crippen molar-refractivity contribution < 1.29 is 8.76 Å². The van der Waals surface area contributed by atoms with E-state index in [-0.39, 0.29) is 5.41 Å². The van der Waals surface area contributed by atoms with Gasteiger partial charge in [-0.05, 0) is 17.8 Å². The zero-order valence-electron chi connectivity index (χ0n) is 7.87. The Balaban J connectivity index is 2.51. The Morgan fingerprint density at radius 1 is 1.50 bits per heavy atom. The third kappa shape index (κ3) is 2.28. The van der Waals surface area contributed by atoms with Crippen molar-refractivity contribution in [2.75, 3.05) is 13.1 Å². The average molecular weight is 190 g/mol. The first kappa shape index (κ1) is 10.2. The van der Waals surface area contributed by atoms with E-state index >= 15 is 0 Å². The van der Waals surface area contributed by atoms with Crippen LogP contribution in [0.3, 0.4) is 0 Å². The normalized spacial score (nSPS) is 29.2. The van der Waals surface area contributed by atoms with Crippen molar-refractivity contribution in [2.45, 2.75) is 27.2 Å². The molecule has 2 unspecified atom stereocenters. The van der Waals surface area contributed by atoms with E-state index in [2.05, 4.69) is 20.8 Å². The van der Waals surface area contributed by atoms with E-state index in [1.165, 1.54) is 4.31 Å². The van der Waals surface area contributed by atoms with E-state index in [1.54, 1.807) is 0 Å². The van der Waals surface area contributed by atoms with Crippen LogP contribution in [0.15, 0.2) is 0 Å². The minimum absolute atomic E-state index is 0.230. The Morgan fingerprint density at radius 2 is 2.08 bits per heavy atom. The predicted molar refractivity (Wildman–Crippen MR) is 48.1 cm³/mol. The lowest BCUT2D eigenvalue weighted by Crippen LogP contribution is -2.27. The summed E-state index contributed by atoms with van der Waals surface area (Å²) in [7, 11) is 0. The van der Waals surface area contributed by atoms with Gasteiger partial charge in [-0.1, -0.05) is 20.8 Å². The lowest BCUT2D eigenvalue weighted by atomic mass is 9.80. The summed E-state index contributed by atoms with van der Waals surface area (Å²) in [5.74, 6) is 0.510. The van der Waals surface area contributed by atoms with Crippen LogP contribution in [0.4, 0.5) is 0 Å². The maximum atomic E-state index is 10.6. The van der Waals surface area contributed by atoms with Gasteiger partial charge in [0, 0.05) is 24.4 Å². The summed E-state index contributed by atoms with van der Waals surface area (Å²) in [6.07, 6.45) is 0.998. The van der Waals surface area contributed by atoms with Gasteiger partial charge in [0.2, 0.25) is 0 Å². The fourth-order valence-corrected chi connectivity index (χ4v) is 2.13. The van der Waals surface area contributed by atoms with Gasteiger partial charge in [0.25, 0.3) is 0 Å². The van der Waals surface area contributed by atoms with E-state index in [0.717, 1.165) is 6.42 Å². The van der Waals surface area contributed by atoms with Crippen LogP contribution >= 0.6 is 0 Å². The Kier molecular flexibility index (Phi) is 2.91. The second kappa shape index (κ2) is 3.44. The highest BCUT2D eigenvalue weighted by atomic mass is 32.2. The summed E-state index contributed by atoms with van der Waals surface area (Å²) in [5.41, 5.74) is 0.230. The molecule has 4 heteroatoms. The third-order valence-electron chi connectivity index (χ3n) is 2.59. The molecule has 0 amide bonds. The molecule has 0 bridgehead atoms. The summed E-state index contributed by atoms with van der Waals surface area (Å²) >= 11 is -2.01. The van der Waals surface area contributed by atoms with Crippen molar-refractivity contribution >= 4 is 11.3 Å². The topological polar surface area (TPSA) is 43.4 Å². The molecule has 0 aliphatic carbocycles. The van der Waals surface area contributed by atoms with Gasteiger partial charge >= 0.3 is 0 Å². The Hall–Kier alpha value is 0.0700. The molecule has 1 heterocycles. The molecule has 1 fully saturated rings. The molecule has 72 valence electrons. The van der Waals surface area contributed by atoms with E-state index in [9.17, 15) is 8.76 Å². The van der Waals surface area contributed by atoms with Gasteiger partial charge in [0.1, 0.15) is 0 Å². The van der Waals surface area contributed by atoms with Crippen molar-refractivity contribution in [3.8, 4) is 0 Å². The van der Waals surface area contributed by atoms with Gasteiger partial charge in [0.15, 0.2) is 0 Å². The summed E-state index contributed by atoms with van der Waals surface area (Å²) in [4.78, 5) is 0. The first-order valence-corrected chi connectivity index (χ1v) is 5.29. The van der Waals surface area contributed by atoms with Crippen molar-refractivity contribution in [1.29, 1.82) is 0 Å². The third-order valence-corrected chi connectivity index (χ3v) is 3.34. The Bertz CT molecular complexity index is 188. The monoisotopic (exact) mass is 190 g/mol. The van der Waals surface area contributed by atoms with E-state index in [1.807, 2.05) is 0 Å². The molecule has 2 atom stereocenters. The van der Waals surface area contributed by atoms with Gasteiger partial charge in [-0.2, -0.15) is 0 Å². The van der Waals surface area contributed by atoms with Crippen LogP contribution < -0.4 is 0 Å². The molecule has 0 radical (unpaired) electrons. The number of nitrogens with zero attached hydrogens (tertiary/aromatic N) is 1. The molecule has 3 nitrogen and oxygen atoms in total. The van der Waals surface area contributed by atoms with Gasteiger partial charge < -0.3 is 4.55 Å². The fraction of sp³-hybridized carbons (Fsp3) is 1.00. The highest BCUT2D eigenvalue weighted by Gasteiger charge is 2.31. The first-order chi connectivity index (χ1) is 5.41. The maximum Gasteiger partial charge on any atom is 0.0209 e.